The van der Waals surface area contributed by atoms with Crippen molar-refractivity contribution in [2.75, 3.05) is 23.3 Å². The van der Waals surface area contributed by atoms with E-state index in [9.17, 15) is 12.8 Å². The Kier molecular flexibility index (Phi) is 6.48. The van der Waals surface area contributed by atoms with Crippen molar-refractivity contribution < 1.29 is 12.8 Å². The number of fused-ring (bicyclic) bond motifs is 2. The van der Waals surface area contributed by atoms with Gasteiger partial charge in [-0.2, -0.15) is 14.4 Å². The standard InChI is InChI=1S/C27H30FN7O2S/c1-2-35(24-10-6-9-23-21(24)14-30-33-23)26-22(28)15-29-27(32-26)31-20-12-11-19-17-34(38(36,37)25(19)13-20)16-18-7-4-3-5-8-18/h6,9-15,18H,2-5,7-8,16-17H2,1H3,(H,30,33)(H,29,31,32). The van der Waals surface area contributed by atoms with E-state index in [1.54, 1.807) is 21.5 Å². The van der Waals surface area contributed by atoms with E-state index in [4.69, 9.17) is 0 Å². The summed E-state index contributed by atoms with van der Waals surface area (Å²) in [6.07, 6.45) is 8.58. The summed E-state index contributed by atoms with van der Waals surface area (Å²) in [4.78, 5) is 10.7. The zero-order valence-corrected chi connectivity index (χ0v) is 22.0. The lowest BCUT2D eigenvalue weighted by Gasteiger charge is -2.25. The van der Waals surface area contributed by atoms with Crippen molar-refractivity contribution in [2.24, 2.45) is 5.92 Å². The largest absolute Gasteiger partial charge is 0.324 e. The SMILES string of the molecule is CCN(c1nc(Nc2ccc3c(c2)S(=O)(=O)N(CC2CCCCC2)C3)ncc1F)c1cccc2[nH]ncc12. The summed E-state index contributed by atoms with van der Waals surface area (Å²) in [6.45, 7) is 3.35. The van der Waals surface area contributed by atoms with Crippen LogP contribution in [0.15, 0.2) is 53.7 Å². The van der Waals surface area contributed by atoms with Gasteiger partial charge in [-0.05, 0) is 55.5 Å². The van der Waals surface area contributed by atoms with E-state index >= 15 is 0 Å². The third-order valence-electron chi connectivity index (χ3n) is 7.52. The molecular formula is C27H30FN7O2S. The number of nitrogens with zero attached hydrogens (tertiary/aromatic N) is 5. The molecule has 2 N–H and O–H groups in total. The van der Waals surface area contributed by atoms with Crippen LogP contribution in [0.2, 0.25) is 0 Å². The average Bonchev–Trinajstić information content (AvgIpc) is 3.50. The maximum atomic E-state index is 15.0. The molecule has 11 heteroatoms. The fraction of sp³-hybridized carbons (Fsp3) is 0.370. The minimum Gasteiger partial charge on any atom is -0.324 e. The van der Waals surface area contributed by atoms with Gasteiger partial charge in [-0.15, -0.1) is 0 Å². The summed E-state index contributed by atoms with van der Waals surface area (Å²) in [7, 11) is -3.57. The normalized spacial score (nSPS) is 17.5. The first-order chi connectivity index (χ1) is 18.4. The Hall–Kier alpha value is -3.57. The number of hydrogen-bond donors (Lipinski definition) is 2. The lowest BCUT2D eigenvalue weighted by molar-refractivity contribution is 0.281. The van der Waals surface area contributed by atoms with Gasteiger partial charge in [0.1, 0.15) is 0 Å². The van der Waals surface area contributed by atoms with Gasteiger partial charge in [0.25, 0.3) is 0 Å². The van der Waals surface area contributed by atoms with Gasteiger partial charge in [0.05, 0.1) is 28.5 Å². The molecule has 3 heterocycles. The molecule has 1 saturated carbocycles. The highest BCUT2D eigenvalue weighted by molar-refractivity contribution is 7.89. The van der Waals surface area contributed by atoms with E-state index < -0.39 is 15.8 Å². The van der Waals surface area contributed by atoms with Gasteiger partial charge < -0.3 is 10.2 Å². The van der Waals surface area contributed by atoms with E-state index in [1.807, 2.05) is 37.3 Å². The third-order valence-corrected chi connectivity index (χ3v) is 9.42. The van der Waals surface area contributed by atoms with Crippen molar-refractivity contribution >= 4 is 44.1 Å². The Balaban J connectivity index is 1.26. The summed E-state index contributed by atoms with van der Waals surface area (Å²) in [6, 6.07) is 10.9. The van der Waals surface area contributed by atoms with Crippen molar-refractivity contribution in [3.63, 3.8) is 0 Å². The van der Waals surface area contributed by atoms with Gasteiger partial charge in [0.15, 0.2) is 11.6 Å². The van der Waals surface area contributed by atoms with Crippen LogP contribution in [0.1, 0.15) is 44.6 Å². The molecule has 6 rings (SSSR count). The van der Waals surface area contributed by atoms with Crippen LogP contribution in [0.5, 0.6) is 0 Å². The maximum Gasteiger partial charge on any atom is 0.243 e. The smallest absolute Gasteiger partial charge is 0.243 e. The predicted molar refractivity (Wildman–Crippen MR) is 145 cm³/mol. The molecule has 9 nitrogen and oxygen atoms in total. The molecule has 38 heavy (non-hydrogen) atoms. The summed E-state index contributed by atoms with van der Waals surface area (Å²) in [5, 5.41) is 11.0. The van der Waals surface area contributed by atoms with Crippen LogP contribution in [0.3, 0.4) is 0 Å². The molecule has 0 bridgehead atoms. The number of hydrogen-bond acceptors (Lipinski definition) is 7. The van der Waals surface area contributed by atoms with Crippen molar-refractivity contribution in [1.82, 2.24) is 24.5 Å². The number of aromatic amines is 1. The number of halogens is 1. The van der Waals surface area contributed by atoms with Crippen LogP contribution in [0.4, 0.5) is 27.5 Å². The highest BCUT2D eigenvalue weighted by Crippen LogP contribution is 2.36. The molecule has 1 fully saturated rings. The second kappa shape index (κ2) is 9.95. The van der Waals surface area contributed by atoms with Gasteiger partial charge in [-0.3, -0.25) is 5.10 Å². The summed E-state index contributed by atoms with van der Waals surface area (Å²) >= 11 is 0. The van der Waals surface area contributed by atoms with Crippen LogP contribution in [-0.2, 0) is 16.6 Å². The molecule has 1 aliphatic carbocycles. The number of H-pyrrole nitrogens is 1. The Labute approximate surface area is 221 Å². The molecule has 2 aromatic carbocycles. The molecule has 0 atom stereocenters. The van der Waals surface area contributed by atoms with Gasteiger partial charge in [-0.1, -0.05) is 31.4 Å². The summed E-state index contributed by atoms with van der Waals surface area (Å²) in [5.74, 6) is 0.151. The van der Waals surface area contributed by atoms with Gasteiger partial charge in [0, 0.05) is 30.7 Å². The first-order valence-electron chi connectivity index (χ1n) is 13.1. The van der Waals surface area contributed by atoms with Crippen LogP contribution in [0, 0.1) is 11.7 Å². The number of rotatable bonds is 7. The van der Waals surface area contributed by atoms with Gasteiger partial charge in [0.2, 0.25) is 16.0 Å². The fourth-order valence-electron chi connectivity index (χ4n) is 5.60. The van der Waals surface area contributed by atoms with Crippen LogP contribution in [-0.4, -0.2) is 46.0 Å². The Morgan fingerprint density at radius 1 is 1.16 bits per heavy atom. The molecule has 0 amide bonds. The zero-order chi connectivity index (χ0) is 26.3. The molecule has 2 aliphatic rings. The highest BCUT2D eigenvalue weighted by atomic mass is 32.2. The lowest BCUT2D eigenvalue weighted by atomic mass is 9.89. The first-order valence-corrected chi connectivity index (χ1v) is 14.5. The predicted octanol–water partition coefficient (Wildman–Crippen LogP) is 5.48. The number of anilines is 4. The average molecular weight is 536 g/mol. The number of aromatic nitrogens is 4. The third kappa shape index (κ3) is 4.49. The van der Waals surface area contributed by atoms with E-state index in [-0.39, 0.29) is 11.8 Å². The maximum absolute atomic E-state index is 15.0. The topological polar surface area (TPSA) is 107 Å². The van der Waals surface area contributed by atoms with Crippen molar-refractivity contribution in [2.45, 2.75) is 50.5 Å². The molecule has 0 saturated heterocycles. The molecule has 4 aromatic rings. The number of nitrogens with one attached hydrogen (secondary N) is 2. The van der Waals surface area contributed by atoms with Gasteiger partial charge >= 0.3 is 0 Å². The first kappa shape index (κ1) is 24.7. The molecule has 0 spiro atoms. The number of sulfonamides is 1. The van der Waals surface area contributed by atoms with Crippen LogP contribution >= 0.6 is 0 Å². The summed E-state index contributed by atoms with van der Waals surface area (Å²) in [5.41, 5.74) is 2.93. The number of benzene rings is 2. The van der Waals surface area contributed by atoms with E-state index in [1.165, 1.54) is 19.3 Å². The van der Waals surface area contributed by atoms with Crippen LogP contribution < -0.4 is 10.2 Å². The highest BCUT2D eigenvalue weighted by Gasteiger charge is 2.36. The van der Waals surface area contributed by atoms with Crippen molar-refractivity contribution in [3.05, 3.63) is 60.2 Å². The van der Waals surface area contributed by atoms with Crippen LogP contribution in [0.25, 0.3) is 10.9 Å². The van der Waals surface area contributed by atoms with Crippen molar-refractivity contribution in [1.29, 1.82) is 0 Å². The molecule has 1 aliphatic heterocycles. The molecular weight excluding hydrogens is 505 g/mol. The molecule has 198 valence electrons. The monoisotopic (exact) mass is 535 g/mol. The Morgan fingerprint density at radius 2 is 2.00 bits per heavy atom. The lowest BCUT2D eigenvalue weighted by Crippen LogP contribution is -2.31. The van der Waals surface area contributed by atoms with E-state index in [2.05, 4.69) is 25.5 Å². The minimum absolute atomic E-state index is 0.117. The Bertz CT molecular complexity index is 1580. The zero-order valence-electron chi connectivity index (χ0n) is 21.2. The molecule has 0 unspecified atom stereocenters. The summed E-state index contributed by atoms with van der Waals surface area (Å²) < 4.78 is 43.3. The second-order valence-corrected chi connectivity index (χ2v) is 11.9. The molecule has 2 aromatic heterocycles. The molecule has 0 radical (unpaired) electrons. The quantitative estimate of drug-likeness (QED) is 0.323. The van der Waals surface area contributed by atoms with E-state index in [0.717, 1.165) is 41.2 Å². The van der Waals surface area contributed by atoms with E-state index in [0.29, 0.717) is 36.1 Å². The Morgan fingerprint density at radius 3 is 2.82 bits per heavy atom. The minimum atomic E-state index is -3.57. The van der Waals surface area contributed by atoms with Gasteiger partial charge in [-0.25, -0.2) is 17.8 Å². The second-order valence-electron chi connectivity index (χ2n) is 9.97. The fourth-order valence-corrected chi connectivity index (χ4v) is 7.33. The van der Waals surface area contributed by atoms with Crippen molar-refractivity contribution in [3.8, 4) is 0 Å².